The first-order valence-electron chi connectivity index (χ1n) is 10.1. The molecule has 168 valence electrons. The molecule has 0 saturated carbocycles. The standard InChI is InChI=1S/C21H36O8/c1-19(23)21-4-2-3-20(17-21)18-29-16-15-28-14-13-27-12-11-26-10-9-25-8-7-24-6-5-22/h2-4,17,19,22-23H,5-16,18H2,1H3. The number of aliphatic hydroxyl groups excluding tert-OH is 2. The van der Waals surface area contributed by atoms with E-state index in [0.717, 1.165) is 11.1 Å². The van der Waals surface area contributed by atoms with E-state index in [1.54, 1.807) is 6.92 Å². The lowest BCUT2D eigenvalue weighted by molar-refractivity contribution is -0.0190. The zero-order valence-electron chi connectivity index (χ0n) is 17.4. The van der Waals surface area contributed by atoms with Gasteiger partial charge in [0.05, 0.1) is 92.0 Å². The quantitative estimate of drug-likeness (QED) is 0.308. The maximum Gasteiger partial charge on any atom is 0.0762 e. The van der Waals surface area contributed by atoms with Gasteiger partial charge >= 0.3 is 0 Å². The molecule has 29 heavy (non-hydrogen) atoms. The average molecular weight is 417 g/mol. The predicted molar refractivity (Wildman–Crippen MR) is 108 cm³/mol. The zero-order chi connectivity index (χ0) is 21.0. The Morgan fingerprint density at radius 2 is 1.14 bits per heavy atom. The minimum atomic E-state index is -0.472. The van der Waals surface area contributed by atoms with Gasteiger partial charge in [0.2, 0.25) is 0 Å². The van der Waals surface area contributed by atoms with E-state index in [1.165, 1.54) is 0 Å². The van der Waals surface area contributed by atoms with E-state index >= 15 is 0 Å². The molecule has 0 radical (unpaired) electrons. The van der Waals surface area contributed by atoms with Gasteiger partial charge in [-0.3, -0.25) is 0 Å². The summed E-state index contributed by atoms with van der Waals surface area (Å²) in [5.41, 5.74) is 1.92. The molecule has 1 rings (SSSR count). The molecule has 1 aromatic carbocycles. The smallest absolute Gasteiger partial charge is 0.0762 e. The van der Waals surface area contributed by atoms with Crippen LogP contribution in [0.2, 0.25) is 0 Å². The Hall–Kier alpha value is -1.10. The minimum Gasteiger partial charge on any atom is -0.394 e. The molecule has 0 spiro atoms. The van der Waals surface area contributed by atoms with Gasteiger partial charge in [0, 0.05) is 0 Å². The molecular weight excluding hydrogens is 380 g/mol. The number of ether oxygens (including phenoxy) is 6. The molecule has 1 unspecified atom stereocenters. The van der Waals surface area contributed by atoms with Crippen LogP contribution in [0.4, 0.5) is 0 Å². The van der Waals surface area contributed by atoms with Gasteiger partial charge in [-0.2, -0.15) is 0 Å². The lowest BCUT2D eigenvalue weighted by Gasteiger charge is -2.09. The fourth-order valence-corrected chi connectivity index (χ4v) is 2.30. The third-order valence-corrected chi connectivity index (χ3v) is 3.80. The Balaban J connectivity index is 1.79. The number of hydrogen-bond donors (Lipinski definition) is 2. The Morgan fingerprint density at radius 3 is 1.59 bits per heavy atom. The number of hydrogen-bond acceptors (Lipinski definition) is 8. The van der Waals surface area contributed by atoms with Crippen LogP contribution in [0.1, 0.15) is 24.2 Å². The normalized spacial score (nSPS) is 12.4. The number of benzene rings is 1. The highest BCUT2D eigenvalue weighted by Gasteiger charge is 2.01. The highest BCUT2D eigenvalue weighted by atomic mass is 16.6. The second kappa shape index (κ2) is 18.9. The topological polar surface area (TPSA) is 95.8 Å². The molecule has 0 fully saturated rings. The van der Waals surface area contributed by atoms with Gasteiger partial charge in [0.1, 0.15) is 0 Å². The highest BCUT2D eigenvalue weighted by Crippen LogP contribution is 2.14. The molecule has 2 N–H and O–H groups in total. The van der Waals surface area contributed by atoms with Crippen molar-refractivity contribution in [3.8, 4) is 0 Å². The van der Waals surface area contributed by atoms with Gasteiger partial charge in [-0.25, -0.2) is 0 Å². The summed E-state index contributed by atoms with van der Waals surface area (Å²) in [6.45, 7) is 7.67. The summed E-state index contributed by atoms with van der Waals surface area (Å²) >= 11 is 0. The zero-order valence-corrected chi connectivity index (χ0v) is 17.4. The maximum absolute atomic E-state index is 9.58. The van der Waals surface area contributed by atoms with E-state index in [2.05, 4.69) is 0 Å². The third-order valence-electron chi connectivity index (χ3n) is 3.80. The van der Waals surface area contributed by atoms with Crippen molar-refractivity contribution in [3.63, 3.8) is 0 Å². The summed E-state index contributed by atoms with van der Waals surface area (Å²) in [6.07, 6.45) is -0.472. The van der Waals surface area contributed by atoms with Gasteiger partial charge < -0.3 is 38.6 Å². The summed E-state index contributed by atoms with van der Waals surface area (Å²) in [7, 11) is 0. The predicted octanol–water partition coefficient (Wildman–Crippen LogP) is 1.33. The Bertz CT molecular complexity index is 484. The molecule has 0 aromatic heterocycles. The van der Waals surface area contributed by atoms with E-state index < -0.39 is 6.10 Å². The second-order valence-electron chi connectivity index (χ2n) is 6.26. The molecule has 0 bridgehead atoms. The second-order valence-corrected chi connectivity index (χ2v) is 6.26. The summed E-state index contributed by atoms with van der Waals surface area (Å²) < 4.78 is 32.2. The van der Waals surface area contributed by atoms with Crippen LogP contribution in [0.15, 0.2) is 24.3 Å². The van der Waals surface area contributed by atoms with Crippen LogP contribution in [0.3, 0.4) is 0 Å². The first-order valence-corrected chi connectivity index (χ1v) is 10.1. The molecule has 0 aliphatic heterocycles. The lowest BCUT2D eigenvalue weighted by atomic mass is 10.1. The Labute approximate surface area is 173 Å². The molecule has 1 aromatic rings. The SMILES string of the molecule is CC(O)c1cccc(COCCOCCOCCOCCOCCOCCO)c1. The molecule has 0 aliphatic rings. The first kappa shape index (κ1) is 25.9. The van der Waals surface area contributed by atoms with Gasteiger partial charge in [0.25, 0.3) is 0 Å². The van der Waals surface area contributed by atoms with E-state index in [0.29, 0.717) is 79.3 Å². The van der Waals surface area contributed by atoms with Crippen LogP contribution >= 0.6 is 0 Å². The van der Waals surface area contributed by atoms with Crippen LogP contribution in [-0.4, -0.2) is 89.5 Å². The summed E-state index contributed by atoms with van der Waals surface area (Å²) in [5.74, 6) is 0. The van der Waals surface area contributed by atoms with Crippen LogP contribution in [-0.2, 0) is 35.0 Å². The molecule has 0 saturated heterocycles. The Morgan fingerprint density at radius 1 is 0.690 bits per heavy atom. The van der Waals surface area contributed by atoms with Gasteiger partial charge in [-0.05, 0) is 18.1 Å². The lowest BCUT2D eigenvalue weighted by Crippen LogP contribution is -2.14. The van der Waals surface area contributed by atoms with Crippen LogP contribution in [0.5, 0.6) is 0 Å². The monoisotopic (exact) mass is 416 g/mol. The van der Waals surface area contributed by atoms with E-state index in [-0.39, 0.29) is 6.61 Å². The van der Waals surface area contributed by atoms with Crippen LogP contribution < -0.4 is 0 Å². The third kappa shape index (κ3) is 15.4. The van der Waals surface area contributed by atoms with E-state index in [4.69, 9.17) is 33.5 Å². The van der Waals surface area contributed by atoms with Crippen molar-refractivity contribution in [2.75, 3.05) is 79.3 Å². The van der Waals surface area contributed by atoms with Crippen molar-refractivity contribution in [2.24, 2.45) is 0 Å². The largest absolute Gasteiger partial charge is 0.394 e. The molecule has 8 heteroatoms. The summed E-state index contributed by atoms with van der Waals surface area (Å²) in [5, 5.41) is 18.1. The molecule has 8 nitrogen and oxygen atoms in total. The van der Waals surface area contributed by atoms with Crippen molar-refractivity contribution in [3.05, 3.63) is 35.4 Å². The molecule has 0 aliphatic carbocycles. The molecular formula is C21H36O8. The Kier molecular flexibility index (Phi) is 16.9. The van der Waals surface area contributed by atoms with Gasteiger partial charge in [0.15, 0.2) is 0 Å². The van der Waals surface area contributed by atoms with Crippen LogP contribution in [0, 0.1) is 0 Å². The van der Waals surface area contributed by atoms with Crippen molar-refractivity contribution in [2.45, 2.75) is 19.6 Å². The van der Waals surface area contributed by atoms with Crippen molar-refractivity contribution in [1.29, 1.82) is 0 Å². The molecule has 0 heterocycles. The van der Waals surface area contributed by atoms with Crippen LogP contribution in [0.25, 0.3) is 0 Å². The highest BCUT2D eigenvalue weighted by molar-refractivity contribution is 5.24. The van der Waals surface area contributed by atoms with Gasteiger partial charge in [-0.1, -0.05) is 24.3 Å². The average Bonchev–Trinajstić information content (AvgIpc) is 2.73. The van der Waals surface area contributed by atoms with Crippen molar-refractivity contribution in [1.82, 2.24) is 0 Å². The number of rotatable bonds is 20. The first-order chi connectivity index (χ1) is 14.2. The van der Waals surface area contributed by atoms with Gasteiger partial charge in [-0.15, -0.1) is 0 Å². The van der Waals surface area contributed by atoms with Crippen molar-refractivity contribution < 1.29 is 38.6 Å². The van der Waals surface area contributed by atoms with E-state index in [9.17, 15) is 5.11 Å². The van der Waals surface area contributed by atoms with Crippen molar-refractivity contribution >= 4 is 0 Å². The fraction of sp³-hybridized carbons (Fsp3) is 0.714. The molecule has 0 amide bonds. The maximum atomic E-state index is 9.58. The number of aliphatic hydroxyl groups is 2. The minimum absolute atomic E-state index is 0.0302. The summed E-state index contributed by atoms with van der Waals surface area (Å²) in [4.78, 5) is 0. The summed E-state index contributed by atoms with van der Waals surface area (Å²) in [6, 6.07) is 7.74. The molecule has 1 atom stereocenters. The fourth-order valence-electron chi connectivity index (χ4n) is 2.30. The van der Waals surface area contributed by atoms with E-state index in [1.807, 2.05) is 24.3 Å².